The van der Waals surface area contributed by atoms with Crippen molar-refractivity contribution in [1.29, 1.82) is 0 Å². The highest BCUT2D eigenvalue weighted by molar-refractivity contribution is 5.94. The summed E-state index contributed by atoms with van der Waals surface area (Å²) in [7, 11) is 1.67. The van der Waals surface area contributed by atoms with E-state index < -0.39 is 0 Å². The minimum Gasteiger partial charge on any atom is -0.497 e. The SMILES string of the molecule is CCC(CN)CC(=O)N1CCCc2cc(OC)ccc21. The number of carbonyl (C=O) groups is 1. The maximum absolute atomic E-state index is 12.5. The van der Waals surface area contributed by atoms with Crippen molar-refractivity contribution in [1.82, 2.24) is 0 Å². The van der Waals surface area contributed by atoms with E-state index in [2.05, 4.69) is 6.92 Å². The fraction of sp³-hybridized carbons (Fsp3) is 0.562. The molecule has 4 nitrogen and oxygen atoms in total. The number of fused-ring (bicyclic) bond motifs is 1. The van der Waals surface area contributed by atoms with E-state index in [4.69, 9.17) is 10.5 Å². The minimum atomic E-state index is 0.188. The van der Waals surface area contributed by atoms with Gasteiger partial charge in [-0.3, -0.25) is 4.79 Å². The van der Waals surface area contributed by atoms with Crippen LogP contribution in [0.2, 0.25) is 0 Å². The van der Waals surface area contributed by atoms with Crippen LogP contribution in [0.1, 0.15) is 31.7 Å². The maximum atomic E-state index is 12.5. The molecule has 2 rings (SSSR count). The van der Waals surface area contributed by atoms with Crippen LogP contribution in [0, 0.1) is 5.92 Å². The molecule has 1 atom stereocenters. The van der Waals surface area contributed by atoms with Gasteiger partial charge in [0.05, 0.1) is 7.11 Å². The molecule has 110 valence electrons. The molecule has 0 aromatic heterocycles. The van der Waals surface area contributed by atoms with Crippen molar-refractivity contribution in [3.63, 3.8) is 0 Å². The van der Waals surface area contributed by atoms with Crippen molar-refractivity contribution in [3.05, 3.63) is 23.8 Å². The molecule has 4 heteroatoms. The number of amides is 1. The lowest BCUT2D eigenvalue weighted by Crippen LogP contribution is -2.37. The molecular formula is C16H24N2O2. The number of aryl methyl sites for hydroxylation is 1. The number of hydrogen-bond acceptors (Lipinski definition) is 3. The monoisotopic (exact) mass is 276 g/mol. The van der Waals surface area contributed by atoms with Crippen molar-refractivity contribution in [3.8, 4) is 5.75 Å². The molecule has 0 radical (unpaired) electrons. The molecule has 1 unspecified atom stereocenters. The molecule has 0 spiro atoms. The summed E-state index contributed by atoms with van der Waals surface area (Å²) in [6.45, 7) is 3.46. The number of carbonyl (C=O) groups excluding carboxylic acids is 1. The lowest BCUT2D eigenvalue weighted by atomic mass is 9.98. The fourth-order valence-corrected chi connectivity index (χ4v) is 2.71. The van der Waals surface area contributed by atoms with Gasteiger partial charge in [-0.2, -0.15) is 0 Å². The zero-order valence-corrected chi connectivity index (χ0v) is 12.4. The first-order valence-corrected chi connectivity index (χ1v) is 7.37. The Labute approximate surface area is 120 Å². The standard InChI is InChI=1S/C16H24N2O2/c1-3-12(11-17)9-16(19)18-8-4-5-13-10-14(20-2)6-7-15(13)18/h6-7,10,12H,3-5,8-9,11,17H2,1-2H3. The lowest BCUT2D eigenvalue weighted by Gasteiger charge is -2.30. The molecule has 0 bridgehead atoms. The number of rotatable bonds is 5. The number of hydrogen-bond donors (Lipinski definition) is 1. The second-order valence-corrected chi connectivity index (χ2v) is 5.36. The molecule has 0 aliphatic carbocycles. The molecule has 20 heavy (non-hydrogen) atoms. The van der Waals surface area contributed by atoms with Crippen molar-refractivity contribution in [2.75, 3.05) is 25.1 Å². The molecule has 1 aromatic rings. The van der Waals surface area contributed by atoms with Crippen LogP contribution in [0.4, 0.5) is 5.69 Å². The highest BCUT2D eigenvalue weighted by atomic mass is 16.5. The third kappa shape index (κ3) is 3.12. The Hall–Kier alpha value is -1.55. The van der Waals surface area contributed by atoms with E-state index in [9.17, 15) is 4.79 Å². The zero-order valence-electron chi connectivity index (χ0n) is 12.4. The average Bonchev–Trinajstić information content (AvgIpc) is 2.51. The molecule has 0 fully saturated rings. The molecule has 0 saturated heterocycles. The van der Waals surface area contributed by atoms with Crippen molar-refractivity contribution >= 4 is 11.6 Å². The molecule has 1 heterocycles. The van der Waals surface area contributed by atoms with E-state index in [0.717, 1.165) is 37.2 Å². The van der Waals surface area contributed by atoms with Crippen LogP contribution in [-0.4, -0.2) is 26.1 Å². The largest absolute Gasteiger partial charge is 0.497 e. The number of ether oxygens (including phenoxy) is 1. The normalized spacial score (nSPS) is 15.7. The van der Waals surface area contributed by atoms with E-state index in [-0.39, 0.29) is 11.8 Å². The number of nitrogens with zero attached hydrogens (tertiary/aromatic N) is 1. The summed E-state index contributed by atoms with van der Waals surface area (Å²) in [5.41, 5.74) is 7.94. The summed E-state index contributed by atoms with van der Waals surface area (Å²) >= 11 is 0. The molecule has 0 saturated carbocycles. The Morgan fingerprint density at radius 3 is 2.95 bits per heavy atom. The van der Waals surface area contributed by atoms with Crippen LogP contribution in [-0.2, 0) is 11.2 Å². The van der Waals surface area contributed by atoms with E-state index in [0.29, 0.717) is 13.0 Å². The van der Waals surface area contributed by atoms with Crippen LogP contribution in [0.15, 0.2) is 18.2 Å². The Bertz CT molecular complexity index is 470. The predicted molar refractivity (Wildman–Crippen MR) is 81.1 cm³/mol. The first kappa shape index (κ1) is 14.9. The van der Waals surface area contributed by atoms with Crippen molar-refractivity contribution in [2.45, 2.75) is 32.6 Å². The number of anilines is 1. The van der Waals surface area contributed by atoms with Gasteiger partial charge in [-0.25, -0.2) is 0 Å². The second kappa shape index (κ2) is 6.75. The van der Waals surface area contributed by atoms with Crippen LogP contribution in [0.5, 0.6) is 5.75 Å². The van der Waals surface area contributed by atoms with Gasteiger partial charge in [0.25, 0.3) is 0 Å². The van der Waals surface area contributed by atoms with Crippen LogP contribution in [0.3, 0.4) is 0 Å². The molecule has 1 aliphatic rings. The van der Waals surface area contributed by atoms with Gasteiger partial charge in [-0.1, -0.05) is 13.3 Å². The molecule has 2 N–H and O–H groups in total. The highest BCUT2D eigenvalue weighted by Crippen LogP contribution is 2.31. The van der Waals surface area contributed by atoms with E-state index in [1.807, 2.05) is 23.1 Å². The van der Waals surface area contributed by atoms with Gasteiger partial charge in [-0.15, -0.1) is 0 Å². The van der Waals surface area contributed by atoms with Gasteiger partial charge in [0.15, 0.2) is 0 Å². The third-order valence-corrected chi connectivity index (χ3v) is 4.08. The van der Waals surface area contributed by atoms with Crippen LogP contribution < -0.4 is 15.4 Å². The molecule has 1 aliphatic heterocycles. The minimum absolute atomic E-state index is 0.188. The van der Waals surface area contributed by atoms with E-state index >= 15 is 0 Å². The van der Waals surface area contributed by atoms with Gasteiger partial charge in [0.1, 0.15) is 5.75 Å². The Morgan fingerprint density at radius 2 is 2.30 bits per heavy atom. The summed E-state index contributed by atoms with van der Waals surface area (Å²) < 4.78 is 5.26. The summed E-state index contributed by atoms with van der Waals surface area (Å²) in [4.78, 5) is 14.4. The Morgan fingerprint density at radius 1 is 1.50 bits per heavy atom. The topological polar surface area (TPSA) is 55.6 Å². The zero-order chi connectivity index (χ0) is 14.5. The molecule has 1 amide bonds. The smallest absolute Gasteiger partial charge is 0.227 e. The summed E-state index contributed by atoms with van der Waals surface area (Å²) in [5.74, 6) is 1.32. The van der Waals surface area contributed by atoms with Crippen LogP contribution >= 0.6 is 0 Å². The fourth-order valence-electron chi connectivity index (χ4n) is 2.71. The average molecular weight is 276 g/mol. The van der Waals surface area contributed by atoms with Gasteiger partial charge in [0, 0.05) is 18.7 Å². The van der Waals surface area contributed by atoms with Crippen LogP contribution in [0.25, 0.3) is 0 Å². The van der Waals surface area contributed by atoms with Crippen molar-refractivity contribution < 1.29 is 9.53 Å². The highest BCUT2D eigenvalue weighted by Gasteiger charge is 2.24. The third-order valence-electron chi connectivity index (χ3n) is 4.08. The van der Waals surface area contributed by atoms with Gasteiger partial charge in [0.2, 0.25) is 5.91 Å². The maximum Gasteiger partial charge on any atom is 0.227 e. The Balaban J connectivity index is 2.17. The van der Waals surface area contributed by atoms with Crippen molar-refractivity contribution in [2.24, 2.45) is 11.7 Å². The van der Waals surface area contributed by atoms with Gasteiger partial charge >= 0.3 is 0 Å². The molecular weight excluding hydrogens is 252 g/mol. The van der Waals surface area contributed by atoms with Gasteiger partial charge in [-0.05, 0) is 49.1 Å². The summed E-state index contributed by atoms with van der Waals surface area (Å²) in [6, 6.07) is 5.95. The molecule has 1 aromatic carbocycles. The quantitative estimate of drug-likeness (QED) is 0.898. The number of methoxy groups -OCH3 is 1. The number of benzene rings is 1. The Kier molecular flexibility index (Phi) is 5.01. The summed E-state index contributed by atoms with van der Waals surface area (Å²) in [6.07, 6.45) is 3.50. The lowest BCUT2D eigenvalue weighted by molar-refractivity contribution is -0.119. The first-order valence-electron chi connectivity index (χ1n) is 7.37. The van der Waals surface area contributed by atoms with E-state index in [1.165, 1.54) is 5.56 Å². The van der Waals surface area contributed by atoms with Gasteiger partial charge < -0.3 is 15.4 Å². The second-order valence-electron chi connectivity index (χ2n) is 5.36. The predicted octanol–water partition coefficient (Wildman–Crippen LogP) is 2.35. The first-order chi connectivity index (χ1) is 9.69. The number of nitrogens with two attached hydrogens (primary N) is 1. The summed E-state index contributed by atoms with van der Waals surface area (Å²) in [5, 5.41) is 0. The van der Waals surface area contributed by atoms with E-state index in [1.54, 1.807) is 7.11 Å².